The zero-order chi connectivity index (χ0) is 11.4. The molecule has 1 aromatic rings. The summed E-state index contributed by atoms with van der Waals surface area (Å²) < 4.78 is 4.89. The molecule has 0 heterocycles. The second kappa shape index (κ2) is 4.79. The van der Waals surface area contributed by atoms with Crippen LogP contribution in [0.1, 0.15) is 13.8 Å². The van der Waals surface area contributed by atoms with Crippen LogP contribution in [-0.2, 0) is 9.59 Å². The zero-order valence-electron chi connectivity index (χ0n) is 8.33. The van der Waals surface area contributed by atoms with Crippen molar-refractivity contribution in [3.8, 4) is 5.75 Å². The number of nitrogens with one attached hydrogen (secondary N) is 1. The smallest absolute Gasteiger partial charge is 0.308 e. The van der Waals surface area contributed by atoms with Crippen LogP contribution in [0.2, 0.25) is 5.02 Å². The van der Waals surface area contributed by atoms with Gasteiger partial charge in [0.25, 0.3) is 0 Å². The number of ether oxygens (including phenoxy) is 1. The lowest BCUT2D eigenvalue weighted by Crippen LogP contribution is -2.09. The average Bonchev–Trinajstić information content (AvgIpc) is 2.08. The molecule has 0 aliphatic heterocycles. The summed E-state index contributed by atoms with van der Waals surface area (Å²) in [5.41, 5.74) is 0.419. The highest BCUT2D eigenvalue weighted by Crippen LogP contribution is 2.28. The highest BCUT2D eigenvalue weighted by atomic mass is 35.5. The van der Waals surface area contributed by atoms with Crippen LogP contribution in [0.25, 0.3) is 0 Å². The van der Waals surface area contributed by atoms with Crippen LogP contribution in [-0.4, -0.2) is 11.9 Å². The predicted octanol–water partition coefficient (Wildman–Crippen LogP) is 2.22. The van der Waals surface area contributed by atoms with Gasteiger partial charge in [-0.25, -0.2) is 0 Å². The standard InChI is InChI=1S/C10H10ClNO3/c1-6(13)12-9-4-3-8(11)5-10(9)15-7(2)14/h3-5H,1-2H3,(H,12,13). The van der Waals surface area contributed by atoms with Gasteiger partial charge in [0.2, 0.25) is 5.91 Å². The Balaban J connectivity index is 3.02. The maximum atomic E-state index is 10.9. The summed E-state index contributed by atoms with van der Waals surface area (Å²) in [4.78, 5) is 21.6. The molecule has 5 heteroatoms. The van der Waals surface area contributed by atoms with Crippen LogP contribution in [0.4, 0.5) is 5.69 Å². The van der Waals surface area contributed by atoms with E-state index < -0.39 is 5.97 Å². The van der Waals surface area contributed by atoms with Gasteiger partial charge in [-0.1, -0.05) is 11.6 Å². The molecular weight excluding hydrogens is 218 g/mol. The van der Waals surface area contributed by atoms with Gasteiger partial charge in [0, 0.05) is 24.9 Å². The number of carbonyl (C=O) groups is 2. The monoisotopic (exact) mass is 227 g/mol. The van der Waals surface area contributed by atoms with E-state index in [9.17, 15) is 9.59 Å². The highest BCUT2D eigenvalue weighted by molar-refractivity contribution is 6.30. The van der Waals surface area contributed by atoms with Crippen molar-refractivity contribution < 1.29 is 14.3 Å². The van der Waals surface area contributed by atoms with E-state index in [-0.39, 0.29) is 11.7 Å². The Morgan fingerprint density at radius 3 is 2.53 bits per heavy atom. The molecule has 0 saturated carbocycles. The molecule has 15 heavy (non-hydrogen) atoms. The van der Waals surface area contributed by atoms with E-state index in [0.29, 0.717) is 10.7 Å². The first-order chi connectivity index (χ1) is 6.99. The Hall–Kier alpha value is -1.55. The summed E-state index contributed by atoms with van der Waals surface area (Å²) in [6, 6.07) is 4.63. The minimum atomic E-state index is -0.469. The van der Waals surface area contributed by atoms with Crippen molar-refractivity contribution in [3.05, 3.63) is 23.2 Å². The largest absolute Gasteiger partial charge is 0.424 e. The van der Waals surface area contributed by atoms with Crippen molar-refractivity contribution >= 4 is 29.2 Å². The first kappa shape index (κ1) is 11.5. The lowest BCUT2D eigenvalue weighted by atomic mass is 10.3. The molecule has 0 unspecified atom stereocenters. The van der Waals surface area contributed by atoms with E-state index in [1.54, 1.807) is 12.1 Å². The molecule has 0 aliphatic carbocycles. The fraction of sp³-hybridized carbons (Fsp3) is 0.200. The van der Waals surface area contributed by atoms with Gasteiger partial charge in [-0.2, -0.15) is 0 Å². The second-order valence-electron chi connectivity index (χ2n) is 2.92. The molecule has 0 fully saturated rings. The topological polar surface area (TPSA) is 55.4 Å². The van der Waals surface area contributed by atoms with Crippen molar-refractivity contribution in [1.29, 1.82) is 0 Å². The Labute approximate surface area is 92.2 Å². The van der Waals surface area contributed by atoms with E-state index in [4.69, 9.17) is 16.3 Å². The summed E-state index contributed by atoms with van der Waals surface area (Å²) in [6.07, 6.45) is 0. The van der Waals surface area contributed by atoms with E-state index in [2.05, 4.69) is 5.32 Å². The lowest BCUT2D eigenvalue weighted by Gasteiger charge is -2.09. The quantitative estimate of drug-likeness (QED) is 0.623. The van der Waals surface area contributed by atoms with Crippen LogP contribution >= 0.6 is 11.6 Å². The summed E-state index contributed by atoms with van der Waals surface area (Å²) in [5.74, 6) is -0.472. The molecule has 0 spiro atoms. The van der Waals surface area contributed by atoms with Gasteiger partial charge in [0.1, 0.15) is 0 Å². The van der Waals surface area contributed by atoms with Crippen molar-refractivity contribution in [3.63, 3.8) is 0 Å². The summed E-state index contributed by atoms with van der Waals surface area (Å²) in [5, 5.41) is 2.96. The molecule has 80 valence electrons. The number of rotatable bonds is 2. The first-order valence-electron chi connectivity index (χ1n) is 4.24. The molecule has 0 bridgehead atoms. The van der Waals surface area contributed by atoms with Crippen LogP contribution in [0.3, 0.4) is 0 Å². The molecule has 0 atom stereocenters. The maximum absolute atomic E-state index is 10.9. The number of benzene rings is 1. The SMILES string of the molecule is CC(=O)Nc1ccc(Cl)cc1OC(C)=O. The number of anilines is 1. The number of hydrogen-bond donors (Lipinski definition) is 1. The van der Waals surface area contributed by atoms with E-state index in [0.717, 1.165) is 0 Å². The third kappa shape index (κ3) is 3.59. The fourth-order valence-electron chi connectivity index (χ4n) is 1.03. The summed E-state index contributed by atoms with van der Waals surface area (Å²) >= 11 is 5.73. The second-order valence-corrected chi connectivity index (χ2v) is 3.35. The van der Waals surface area contributed by atoms with E-state index in [1.165, 1.54) is 19.9 Å². The number of amides is 1. The van der Waals surface area contributed by atoms with Gasteiger partial charge in [0.05, 0.1) is 5.69 Å². The normalized spacial score (nSPS) is 9.53. The Bertz CT molecular complexity index is 404. The van der Waals surface area contributed by atoms with Crippen molar-refractivity contribution in [2.24, 2.45) is 0 Å². The minimum absolute atomic E-state index is 0.241. The first-order valence-corrected chi connectivity index (χ1v) is 4.62. The summed E-state index contributed by atoms with van der Waals surface area (Å²) in [6.45, 7) is 2.64. The third-order valence-electron chi connectivity index (χ3n) is 1.51. The van der Waals surface area contributed by atoms with Crippen LogP contribution in [0.15, 0.2) is 18.2 Å². The fourth-order valence-corrected chi connectivity index (χ4v) is 1.19. The van der Waals surface area contributed by atoms with Crippen molar-refractivity contribution in [2.75, 3.05) is 5.32 Å². The molecule has 1 aromatic carbocycles. The van der Waals surface area contributed by atoms with Crippen LogP contribution in [0.5, 0.6) is 5.75 Å². The highest BCUT2D eigenvalue weighted by Gasteiger charge is 2.08. The van der Waals surface area contributed by atoms with Gasteiger partial charge in [-0.15, -0.1) is 0 Å². The molecule has 0 radical (unpaired) electrons. The Kier molecular flexibility index (Phi) is 3.68. The zero-order valence-corrected chi connectivity index (χ0v) is 9.09. The molecule has 0 saturated heterocycles. The molecule has 1 N–H and O–H groups in total. The number of hydrogen-bond acceptors (Lipinski definition) is 3. The lowest BCUT2D eigenvalue weighted by molar-refractivity contribution is -0.131. The molecule has 1 amide bonds. The number of esters is 1. The molecule has 4 nitrogen and oxygen atoms in total. The molecular formula is C10H10ClNO3. The van der Waals surface area contributed by atoms with Crippen molar-refractivity contribution in [2.45, 2.75) is 13.8 Å². The number of carbonyl (C=O) groups excluding carboxylic acids is 2. The van der Waals surface area contributed by atoms with Gasteiger partial charge < -0.3 is 10.1 Å². The third-order valence-corrected chi connectivity index (χ3v) is 1.74. The Morgan fingerprint density at radius 1 is 1.33 bits per heavy atom. The number of halogens is 1. The molecule has 0 aliphatic rings. The predicted molar refractivity (Wildman–Crippen MR) is 57.1 cm³/mol. The van der Waals surface area contributed by atoms with Gasteiger partial charge in [-0.3, -0.25) is 9.59 Å². The summed E-state index contributed by atoms with van der Waals surface area (Å²) in [7, 11) is 0. The van der Waals surface area contributed by atoms with Crippen LogP contribution in [0, 0.1) is 0 Å². The van der Waals surface area contributed by atoms with E-state index >= 15 is 0 Å². The molecule has 0 aromatic heterocycles. The van der Waals surface area contributed by atoms with Gasteiger partial charge in [-0.05, 0) is 12.1 Å². The van der Waals surface area contributed by atoms with E-state index in [1.807, 2.05) is 0 Å². The average molecular weight is 228 g/mol. The molecule has 1 rings (SSSR count). The minimum Gasteiger partial charge on any atom is -0.424 e. The van der Waals surface area contributed by atoms with Gasteiger partial charge >= 0.3 is 5.97 Å². The van der Waals surface area contributed by atoms with Gasteiger partial charge in [0.15, 0.2) is 5.75 Å². The van der Waals surface area contributed by atoms with Crippen LogP contribution < -0.4 is 10.1 Å². The maximum Gasteiger partial charge on any atom is 0.308 e. The van der Waals surface area contributed by atoms with Crippen molar-refractivity contribution in [1.82, 2.24) is 0 Å². The Morgan fingerprint density at radius 2 is 2.00 bits per heavy atom.